The van der Waals surface area contributed by atoms with Gasteiger partial charge in [0.05, 0.1) is 6.54 Å². The van der Waals surface area contributed by atoms with Gasteiger partial charge in [-0.1, -0.05) is 12.8 Å². The van der Waals surface area contributed by atoms with Crippen molar-refractivity contribution < 1.29 is 19.8 Å². The summed E-state index contributed by atoms with van der Waals surface area (Å²) in [6.45, 7) is 0.437. The first-order chi connectivity index (χ1) is 8.09. The molecule has 6 nitrogen and oxygen atoms in total. The Morgan fingerprint density at radius 3 is 2.53 bits per heavy atom. The fraction of sp³-hybridized carbons (Fsp3) is 0.818. The van der Waals surface area contributed by atoms with Crippen LogP contribution in [0.15, 0.2) is 0 Å². The van der Waals surface area contributed by atoms with Crippen molar-refractivity contribution in [1.29, 1.82) is 0 Å². The third-order valence-electron chi connectivity index (χ3n) is 2.93. The van der Waals surface area contributed by atoms with E-state index in [-0.39, 0.29) is 25.4 Å². The molecule has 0 aromatic heterocycles. The molecule has 1 aliphatic carbocycles. The van der Waals surface area contributed by atoms with E-state index in [1.807, 2.05) is 0 Å². The Morgan fingerprint density at radius 1 is 1.29 bits per heavy atom. The SMILES string of the molecule is O=C(CNC1CCCC1)NCC[C@H](O)C(=O)O. The molecule has 98 valence electrons. The maximum absolute atomic E-state index is 11.3. The van der Waals surface area contributed by atoms with E-state index in [4.69, 9.17) is 10.2 Å². The van der Waals surface area contributed by atoms with E-state index in [2.05, 4.69) is 10.6 Å². The first-order valence-electron chi connectivity index (χ1n) is 6.00. The predicted molar refractivity (Wildman–Crippen MR) is 61.5 cm³/mol. The van der Waals surface area contributed by atoms with Gasteiger partial charge in [-0.25, -0.2) is 4.79 Å². The van der Waals surface area contributed by atoms with Gasteiger partial charge in [-0.05, 0) is 12.8 Å². The lowest BCUT2D eigenvalue weighted by atomic mass is 10.2. The number of carboxylic acids is 1. The number of aliphatic hydroxyl groups is 1. The van der Waals surface area contributed by atoms with Gasteiger partial charge in [-0.3, -0.25) is 4.79 Å². The van der Waals surface area contributed by atoms with E-state index in [0.29, 0.717) is 6.04 Å². The summed E-state index contributed by atoms with van der Waals surface area (Å²) in [4.78, 5) is 21.6. The average molecular weight is 244 g/mol. The monoisotopic (exact) mass is 244 g/mol. The summed E-state index contributed by atoms with van der Waals surface area (Å²) in [6, 6.07) is 0.436. The van der Waals surface area contributed by atoms with Gasteiger partial charge in [0, 0.05) is 19.0 Å². The van der Waals surface area contributed by atoms with Crippen LogP contribution in [0.3, 0.4) is 0 Å². The zero-order valence-corrected chi connectivity index (χ0v) is 9.82. The van der Waals surface area contributed by atoms with Crippen LogP contribution in [0.4, 0.5) is 0 Å². The molecule has 1 rings (SSSR count). The molecule has 17 heavy (non-hydrogen) atoms. The van der Waals surface area contributed by atoms with Crippen LogP contribution in [0.25, 0.3) is 0 Å². The topological polar surface area (TPSA) is 98.7 Å². The standard InChI is InChI=1S/C11H20N2O4/c14-9(11(16)17)5-6-12-10(15)7-13-8-3-1-2-4-8/h8-9,13-14H,1-7H2,(H,12,15)(H,16,17)/t9-/m0/s1. The van der Waals surface area contributed by atoms with Gasteiger partial charge in [-0.15, -0.1) is 0 Å². The Balaban J connectivity index is 2.02. The Hall–Kier alpha value is -1.14. The van der Waals surface area contributed by atoms with Crippen LogP contribution in [0, 0.1) is 0 Å². The molecular weight excluding hydrogens is 224 g/mol. The quantitative estimate of drug-likeness (QED) is 0.482. The summed E-state index contributed by atoms with van der Waals surface area (Å²) >= 11 is 0. The molecule has 0 spiro atoms. The molecule has 0 aliphatic heterocycles. The van der Waals surface area contributed by atoms with Crippen LogP contribution in [-0.4, -0.2) is 47.3 Å². The van der Waals surface area contributed by atoms with Crippen LogP contribution < -0.4 is 10.6 Å². The third kappa shape index (κ3) is 5.65. The van der Waals surface area contributed by atoms with Crippen molar-refractivity contribution in [2.75, 3.05) is 13.1 Å². The molecule has 0 saturated heterocycles. The molecule has 1 atom stereocenters. The number of aliphatic carboxylic acids is 1. The van der Waals surface area contributed by atoms with Crippen molar-refractivity contribution in [3.63, 3.8) is 0 Å². The highest BCUT2D eigenvalue weighted by molar-refractivity contribution is 5.78. The van der Waals surface area contributed by atoms with Crippen LogP contribution >= 0.6 is 0 Å². The third-order valence-corrected chi connectivity index (χ3v) is 2.93. The Labute approximate surface area is 100 Å². The fourth-order valence-electron chi connectivity index (χ4n) is 1.90. The number of nitrogens with one attached hydrogen (secondary N) is 2. The molecule has 0 bridgehead atoms. The van der Waals surface area contributed by atoms with Crippen molar-refractivity contribution in [3.05, 3.63) is 0 Å². The highest BCUT2D eigenvalue weighted by Gasteiger charge is 2.16. The minimum Gasteiger partial charge on any atom is -0.479 e. The maximum Gasteiger partial charge on any atom is 0.332 e. The maximum atomic E-state index is 11.3. The van der Waals surface area contributed by atoms with Gasteiger partial charge in [0.2, 0.25) is 5.91 Å². The molecule has 0 aromatic carbocycles. The molecule has 0 unspecified atom stereocenters. The Bertz CT molecular complexity index is 264. The molecule has 1 amide bonds. The molecule has 0 radical (unpaired) electrons. The summed E-state index contributed by atoms with van der Waals surface area (Å²) in [5.41, 5.74) is 0. The van der Waals surface area contributed by atoms with Crippen molar-refractivity contribution in [2.24, 2.45) is 0 Å². The number of carbonyl (C=O) groups excluding carboxylic acids is 1. The van der Waals surface area contributed by atoms with E-state index in [1.54, 1.807) is 0 Å². The largest absolute Gasteiger partial charge is 0.479 e. The van der Waals surface area contributed by atoms with Crippen LogP contribution in [-0.2, 0) is 9.59 Å². The molecule has 0 aromatic rings. The lowest BCUT2D eigenvalue weighted by molar-refractivity contribution is -0.147. The zero-order chi connectivity index (χ0) is 12.7. The predicted octanol–water partition coefficient (Wildman–Crippen LogP) is -0.530. The van der Waals surface area contributed by atoms with Gasteiger partial charge in [-0.2, -0.15) is 0 Å². The smallest absolute Gasteiger partial charge is 0.332 e. The number of amides is 1. The summed E-state index contributed by atoms with van der Waals surface area (Å²) in [5.74, 6) is -1.42. The summed E-state index contributed by atoms with van der Waals surface area (Å²) in [5, 5.41) is 23.1. The number of hydrogen-bond acceptors (Lipinski definition) is 4. The second-order valence-electron chi connectivity index (χ2n) is 4.35. The number of rotatable bonds is 7. The van der Waals surface area contributed by atoms with E-state index >= 15 is 0 Å². The second kappa shape index (κ2) is 7.24. The molecule has 0 heterocycles. The molecule has 1 saturated carbocycles. The van der Waals surface area contributed by atoms with E-state index < -0.39 is 12.1 Å². The van der Waals surface area contributed by atoms with Crippen molar-refractivity contribution in [1.82, 2.24) is 10.6 Å². The molecule has 1 aliphatic rings. The minimum absolute atomic E-state index is 0.0322. The van der Waals surface area contributed by atoms with Crippen molar-refractivity contribution in [3.8, 4) is 0 Å². The van der Waals surface area contributed by atoms with Crippen molar-refractivity contribution >= 4 is 11.9 Å². The number of aliphatic hydroxyl groups excluding tert-OH is 1. The van der Waals surface area contributed by atoms with Gasteiger partial charge < -0.3 is 20.8 Å². The summed E-state index contributed by atoms with van der Waals surface area (Å²) in [7, 11) is 0. The molecule has 1 fully saturated rings. The van der Waals surface area contributed by atoms with Crippen LogP contribution in [0.5, 0.6) is 0 Å². The summed E-state index contributed by atoms with van der Waals surface area (Å²) < 4.78 is 0. The number of hydrogen-bond donors (Lipinski definition) is 4. The first-order valence-corrected chi connectivity index (χ1v) is 6.00. The van der Waals surface area contributed by atoms with E-state index in [0.717, 1.165) is 12.8 Å². The lowest BCUT2D eigenvalue weighted by Crippen LogP contribution is -2.39. The lowest BCUT2D eigenvalue weighted by Gasteiger charge is -2.12. The van der Waals surface area contributed by atoms with E-state index in [9.17, 15) is 9.59 Å². The van der Waals surface area contributed by atoms with Gasteiger partial charge in [0.25, 0.3) is 0 Å². The van der Waals surface area contributed by atoms with E-state index in [1.165, 1.54) is 12.8 Å². The second-order valence-corrected chi connectivity index (χ2v) is 4.35. The number of carboxylic acid groups (broad SMARTS) is 1. The van der Waals surface area contributed by atoms with Gasteiger partial charge >= 0.3 is 5.97 Å². The first kappa shape index (κ1) is 13.9. The Morgan fingerprint density at radius 2 is 1.94 bits per heavy atom. The molecule has 6 heteroatoms. The normalized spacial score (nSPS) is 17.9. The summed E-state index contributed by atoms with van der Waals surface area (Å²) in [6.07, 6.45) is 3.28. The van der Waals surface area contributed by atoms with Crippen molar-refractivity contribution in [2.45, 2.75) is 44.2 Å². The van der Waals surface area contributed by atoms with Gasteiger partial charge in [0.15, 0.2) is 6.10 Å². The zero-order valence-electron chi connectivity index (χ0n) is 9.82. The highest BCUT2D eigenvalue weighted by atomic mass is 16.4. The van der Waals surface area contributed by atoms with Gasteiger partial charge in [0.1, 0.15) is 0 Å². The Kier molecular flexibility index (Phi) is 5.93. The van der Waals surface area contributed by atoms with Crippen LogP contribution in [0.2, 0.25) is 0 Å². The average Bonchev–Trinajstić information content (AvgIpc) is 2.78. The molecular formula is C11H20N2O4. The fourth-order valence-corrected chi connectivity index (χ4v) is 1.90. The number of carbonyl (C=O) groups is 2. The highest BCUT2D eigenvalue weighted by Crippen LogP contribution is 2.17. The minimum atomic E-state index is -1.40. The molecule has 4 N–H and O–H groups in total. The van der Waals surface area contributed by atoms with Crippen LogP contribution in [0.1, 0.15) is 32.1 Å².